The molecule has 0 spiro atoms. The Morgan fingerprint density at radius 3 is 2.73 bits per heavy atom. The van der Waals surface area contributed by atoms with Crippen LogP contribution < -0.4 is 15.7 Å². The van der Waals surface area contributed by atoms with E-state index in [1.165, 1.54) is 4.57 Å². The molecule has 0 radical (unpaired) electrons. The summed E-state index contributed by atoms with van der Waals surface area (Å²) in [5.41, 5.74) is 1.97. The number of amides is 1. The molecule has 0 atom stereocenters. The summed E-state index contributed by atoms with van der Waals surface area (Å²) in [6.07, 6.45) is 5.38. The van der Waals surface area contributed by atoms with Crippen molar-refractivity contribution in [1.82, 2.24) is 19.9 Å². The zero-order valence-electron chi connectivity index (χ0n) is 17.3. The van der Waals surface area contributed by atoms with Crippen molar-refractivity contribution < 1.29 is 9.53 Å². The summed E-state index contributed by atoms with van der Waals surface area (Å²) >= 11 is 0. The molecule has 1 amide bonds. The monoisotopic (exact) mass is 406 g/mol. The molecule has 1 saturated carbocycles. The Labute approximate surface area is 175 Å². The lowest BCUT2D eigenvalue weighted by Crippen LogP contribution is -2.42. The van der Waals surface area contributed by atoms with Crippen LogP contribution in [0.5, 0.6) is 5.75 Å². The maximum atomic E-state index is 12.4. The molecule has 156 valence electrons. The molecule has 1 N–H and O–H groups in total. The molecule has 0 unspecified atom stereocenters. The molecule has 7 nitrogen and oxygen atoms in total. The van der Waals surface area contributed by atoms with Gasteiger partial charge in [-0.2, -0.15) is 4.98 Å². The van der Waals surface area contributed by atoms with Crippen molar-refractivity contribution in [2.24, 2.45) is 0 Å². The number of benzene rings is 1. The fourth-order valence-electron chi connectivity index (χ4n) is 4.03. The van der Waals surface area contributed by atoms with Crippen LogP contribution in [0.1, 0.15) is 37.1 Å². The van der Waals surface area contributed by atoms with E-state index < -0.39 is 0 Å². The van der Waals surface area contributed by atoms with E-state index in [4.69, 9.17) is 4.74 Å². The predicted molar refractivity (Wildman–Crippen MR) is 115 cm³/mol. The fraction of sp³-hybridized carbons (Fsp3) is 0.391. The molecule has 0 aliphatic heterocycles. The summed E-state index contributed by atoms with van der Waals surface area (Å²) in [7, 11) is 0. The van der Waals surface area contributed by atoms with E-state index in [0.717, 1.165) is 48.0 Å². The minimum absolute atomic E-state index is 0.000496. The zero-order chi connectivity index (χ0) is 21.1. The fourth-order valence-corrected chi connectivity index (χ4v) is 4.03. The minimum Gasteiger partial charge on any atom is -0.490 e. The van der Waals surface area contributed by atoms with Crippen LogP contribution in [0.25, 0.3) is 10.9 Å². The summed E-state index contributed by atoms with van der Waals surface area (Å²) in [4.78, 5) is 32.7. The van der Waals surface area contributed by atoms with Crippen LogP contribution in [0.4, 0.5) is 0 Å². The van der Waals surface area contributed by atoms with Gasteiger partial charge in [-0.05, 0) is 69.9 Å². The molecular formula is C23H26N4O3. The molecule has 4 rings (SSSR count). The van der Waals surface area contributed by atoms with Crippen molar-refractivity contribution >= 4 is 16.8 Å². The standard InChI is InChI=1S/C23H26N4O3/c1-15-12-16(2)27(23(29)25-15)14-22(28)26-18-5-7-19(8-6-18)30-20-9-10-21-17(13-20)4-3-11-24-21/h3-4,9-13,18-19H,5-8,14H2,1-2H3,(H,26,28). The van der Waals surface area contributed by atoms with Crippen molar-refractivity contribution in [2.45, 2.75) is 58.2 Å². The van der Waals surface area contributed by atoms with Crippen molar-refractivity contribution in [3.8, 4) is 5.75 Å². The summed E-state index contributed by atoms with van der Waals surface area (Å²) in [5, 5.41) is 4.12. The SMILES string of the molecule is Cc1cc(C)n(CC(=O)NC2CCC(Oc3ccc4ncccc4c3)CC2)c(=O)n1. The Bertz CT molecular complexity index is 1120. The lowest BCUT2D eigenvalue weighted by Gasteiger charge is -2.29. The van der Waals surface area contributed by atoms with Crippen LogP contribution in [0.2, 0.25) is 0 Å². The Morgan fingerprint density at radius 2 is 1.97 bits per heavy atom. The van der Waals surface area contributed by atoms with Crippen molar-refractivity contribution in [3.05, 3.63) is 64.5 Å². The van der Waals surface area contributed by atoms with E-state index in [1.807, 2.05) is 37.3 Å². The van der Waals surface area contributed by atoms with Crippen LogP contribution >= 0.6 is 0 Å². The van der Waals surface area contributed by atoms with Crippen LogP contribution in [0, 0.1) is 13.8 Å². The maximum absolute atomic E-state index is 12.4. The highest BCUT2D eigenvalue weighted by atomic mass is 16.5. The first-order valence-corrected chi connectivity index (χ1v) is 10.3. The normalized spacial score (nSPS) is 18.9. The van der Waals surface area contributed by atoms with E-state index >= 15 is 0 Å². The molecular weight excluding hydrogens is 380 g/mol. The van der Waals surface area contributed by atoms with Crippen molar-refractivity contribution in [1.29, 1.82) is 0 Å². The number of nitrogens with one attached hydrogen (secondary N) is 1. The Morgan fingerprint density at radius 1 is 1.17 bits per heavy atom. The third kappa shape index (κ3) is 4.67. The number of aryl methyl sites for hydroxylation is 2. The van der Waals surface area contributed by atoms with Gasteiger partial charge in [0.15, 0.2) is 0 Å². The topological polar surface area (TPSA) is 86.1 Å². The number of pyridine rings is 1. The number of carbonyl (C=O) groups is 1. The van der Waals surface area contributed by atoms with Gasteiger partial charge in [0, 0.05) is 29.0 Å². The lowest BCUT2D eigenvalue weighted by molar-refractivity contribution is -0.122. The van der Waals surface area contributed by atoms with E-state index in [0.29, 0.717) is 5.69 Å². The molecule has 1 aromatic carbocycles. The quantitative estimate of drug-likeness (QED) is 0.704. The second-order valence-corrected chi connectivity index (χ2v) is 7.92. The van der Waals surface area contributed by atoms with E-state index in [-0.39, 0.29) is 30.3 Å². The average Bonchev–Trinajstić information content (AvgIpc) is 2.72. The highest BCUT2D eigenvalue weighted by Gasteiger charge is 2.24. The molecule has 7 heteroatoms. The Balaban J connectivity index is 1.29. The molecule has 2 heterocycles. The first-order chi connectivity index (χ1) is 14.5. The largest absolute Gasteiger partial charge is 0.490 e. The molecule has 0 saturated heterocycles. The van der Waals surface area contributed by atoms with E-state index in [9.17, 15) is 9.59 Å². The van der Waals surface area contributed by atoms with Gasteiger partial charge >= 0.3 is 5.69 Å². The number of carbonyl (C=O) groups excluding carboxylic acids is 1. The van der Waals surface area contributed by atoms with Gasteiger partial charge < -0.3 is 10.1 Å². The first kappa shape index (κ1) is 20.1. The molecule has 30 heavy (non-hydrogen) atoms. The highest BCUT2D eigenvalue weighted by molar-refractivity contribution is 5.79. The molecule has 3 aromatic rings. The van der Waals surface area contributed by atoms with Gasteiger partial charge in [-0.25, -0.2) is 4.79 Å². The number of fused-ring (bicyclic) bond motifs is 1. The third-order valence-electron chi connectivity index (χ3n) is 5.56. The number of aromatic nitrogens is 3. The minimum atomic E-state index is -0.384. The Kier molecular flexibility index (Phi) is 5.79. The van der Waals surface area contributed by atoms with Crippen molar-refractivity contribution in [2.75, 3.05) is 0 Å². The number of hydrogen-bond acceptors (Lipinski definition) is 5. The summed E-state index contributed by atoms with van der Waals surface area (Å²) < 4.78 is 7.57. The van der Waals surface area contributed by atoms with Gasteiger partial charge in [-0.3, -0.25) is 14.3 Å². The van der Waals surface area contributed by atoms with E-state index in [1.54, 1.807) is 19.2 Å². The molecule has 1 aliphatic carbocycles. The second-order valence-electron chi connectivity index (χ2n) is 7.92. The first-order valence-electron chi connectivity index (χ1n) is 10.3. The Hall–Kier alpha value is -3.22. The number of rotatable bonds is 5. The van der Waals surface area contributed by atoms with E-state index in [2.05, 4.69) is 15.3 Å². The molecule has 1 aliphatic rings. The number of ether oxygens (including phenoxy) is 1. The third-order valence-corrected chi connectivity index (χ3v) is 5.56. The highest BCUT2D eigenvalue weighted by Crippen LogP contribution is 2.26. The zero-order valence-corrected chi connectivity index (χ0v) is 17.3. The van der Waals surface area contributed by atoms with Gasteiger partial charge in [0.2, 0.25) is 5.91 Å². The van der Waals surface area contributed by atoms with Crippen molar-refractivity contribution in [3.63, 3.8) is 0 Å². The predicted octanol–water partition coefficient (Wildman–Crippen LogP) is 2.91. The van der Waals surface area contributed by atoms with Gasteiger partial charge in [0.1, 0.15) is 12.3 Å². The van der Waals surface area contributed by atoms with Gasteiger partial charge in [-0.1, -0.05) is 6.07 Å². The molecule has 1 fully saturated rings. The van der Waals surface area contributed by atoms with Gasteiger partial charge in [0.25, 0.3) is 0 Å². The maximum Gasteiger partial charge on any atom is 0.348 e. The summed E-state index contributed by atoms with van der Waals surface area (Å²) in [6, 6.07) is 11.8. The van der Waals surface area contributed by atoms with Gasteiger partial charge in [-0.15, -0.1) is 0 Å². The number of nitrogens with zero attached hydrogens (tertiary/aromatic N) is 3. The molecule has 2 aromatic heterocycles. The van der Waals surface area contributed by atoms with Gasteiger partial charge in [0.05, 0.1) is 11.6 Å². The molecule has 0 bridgehead atoms. The van der Waals surface area contributed by atoms with Crippen LogP contribution in [0.15, 0.2) is 47.4 Å². The van der Waals surface area contributed by atoms with Crippen LogP contribution in [-0.4, -0.2) is 32.6 Å². The lowest BCUT2D eigenvalue weighted by atomic mass is 9.93. The summed E-state index contributed by atoms with van der Waals surface area (Å²) in [5.74, 6) is 0.696. The second kappa shape index (κ2) is 8.65. The average molecular weight is 406 g/mol. The summed E-state index contributed by atoms with van der Waals surface area (Å²) in [6.45, 7) is 3.59. The smallest absolute Gasteiger partial charge is 0.348 e. The van der Waals surface area contributed by atoms with Crippen LogP contribution in [-0.2, 0) is 11.3 Å². The van der Waals surface area contributed by atoms with Crippen LogP contribution in [0.3, 0.4) is 0 Å². The number of hydrogen-bond donors (Lipinski definition) is 1.